The van der Waals surface area contributed by atoms with Crippen LogP contribution in [0.3, 0.4) is 0 Å². The molecule has 3 unspecified atom stereocenters. The van der Waals surface area contributed by atoms with Gasteiger partial charge in [-0.2, -0.15) is 0 Å². The van der Waals surface area contributed by atoms with Crippen LogP contribution in [0.1, 0.15) is 52.9 Å². The molecule has 1 saturated carbocycles. The second-order valence-electron chi connectivity index (χ2n) is 4.58. The molecule has 1 heteroatoms. The van der Waals surface area contributed by atoms with Gasteiger partial charge in [0.15, 0.2) is 0 Å². The summed E-state index contributed by atoms with van der Waals surface area (Å²) in [5, 5.41) is 0. The van der Waals surface area contributed by atoms with E-state index in [2.05, 4.69) is 20.8 Å². The fourth-order valence-corrected chi connectivity index (χ4v) is 2.31. The first-order chi connectivity index (χ1) is 6.16. The van der Waals surface area contributed by atoms with Gasteiger partial charge in [0, 0.05) is 11.8 Å². The maximum atomic E-state index is 11.9. The zero-order valence-electron chi connectivity index (χ0n) is 9.18. The third kappa shape index (κ3) is 2.55. The third-order valence-electron chi connectivity index (χ3n) is 3.58. The highest BCUT2D eigenvalue weighted by Gasteiger charge is 2.29. The van der Waals surface area contributed by atoms with E-state index >= 15 is 0 Å². The summed E-state index contributed by atoms with van der Waals surface area (Å²) in [7, 11) is 0. The Bertz CT molecular complexity index is 174. The zero-order valence-corrected chi connectivity index (χ0v) is 9.18. The molecule has 0 aromatic heterocycles. The van der Waals surface area contributed by atoms with E-state index in [0.29, 0.717) is 17.6 Å². The summed E-state index contributed by atoms with van der Waals surface area (Å²) in [5.41, 5.74) is 0. The molecule has 0 aliphatic heterocycles. The molecule has 0 heterocycles. The van der Waals surface area contributed by atoms with Crippen molar-refractivity contribution < 1.29 is 4.79 Å². The summed E-state index contributed by atoms with van der Waals surface area (Å²) in [6.45, 7) is 6.42. The molecule has 1 fully saturated rings. The number of hydrogen-bond donors (Lipinski definition) is 0. The molecule has 0 N–H and O–H groups in total. The first-order valence-electron chi connectivity index (χ1n) is 5.70. The minimum atomic E-state index is 0.283. The van der Waals surface area contributed by atoms with Gasteiger partial charge in [0.1, 0.15) is 5.78 Å². The van der Waals surface area contributed by atoms with E-state index in [-0.39, 0.29) is 5.92 Å². The van der Waals surface area contributed by atoms with Crippen LogP contribution in [0.4, 0.5) is 0 Å². The molecule has 0 bridgehead atoms. The summed E-state index contributed by atoms with van der Waals surface area (Å²) in [4.78, 5) is 11.9. The second kappa shape index (κ2) is 4.78. The van der Waals surface area contributed by atoms with Crippen LogP contribution in [0.25, 0.3) is 0 Å². The zero-order chi connectivity index (χ0) is 9.84. The van der Waals surface area contributed by atoms with Gasteiger partial charge in [-0.3, -0.25) is 4.79 Å². The lowest BCUT2D eigenvalue weighted by Crippen LogP contribution is -2.29. The summed E-state index contributed by atoms with van der Waals surface area (Å²) in [6.07, 6.45) is 5.99. The van der Waals surface area contributed by atoms with Crippen LogP contribution in [-0.2, 0) is 4.79 Å². The molecule has 1 aliphatic carbocycles. The van der Waals surface area contributed by atoms with Crippen LogP contribution in [0.15, 0.2) is 0 Å². The first-order valence-corrected chi connectivity index (χ1v) is 5.70. The Labute approximate surface area is 81.9 Å². The van der Waals surface area contributed by atoms with Gasteiger partial charge >= 0.3 is 0 Å². The lowest BCUT2D eigenvalue weighted by molar-refractivity contribution is -0.128. The molecule has 0 amide bonds. The molecular formula is C12H22O. The van der Waals surface area contributed by atoms with Crippen molar-refractivity contribution >= 4 is 5.78 Å². The van der Waals surface area contributed by atoms with Gasteiger partial charge in [0.05, 0.1) is 0 Å². The summed E-state index contributed by atoms with van der Waals surface area (Å²) in [6, 6.07) is 0. The number of carbonyl (C=O) groups is 1. The smallest absolute Gasteiger partial charge is 0.139 e. The van der Waals surface area contributed by atoms with Gasteiger partial charge in [-0.1, -0.05) is 40.0 Å². The van der Waals surface area contributed by atoms with Crippen molar-refractivity contribution in [2.75, 3.05) is 0 Å². The molecule has 0 aromatic rings. The van der Waals surface area contributed by atoms with Crippen LogP contribution in [0.2, 0.25) is 0 Å². The van der Waals surface area contributed by atoms with Crippen molar-refractivity contribution in [3.05, 3.63) is 0 Å². The fraction of sp³-hybridized carbons (Fsp3) is 0.917. The van der Waals surface area contributed by atoms with Crippen molar-refractivity contribution in [1.29, 1.82) is 0 Å². The lowest BCUT2D eigenvalue weighted by Gasteiger charge is -2.29. The molecule has 76 valence electrons. The molecule has 3 atom stereocenters. The van der Waals surface area contributed by atoms with Gasteiger partial charge in [0.2, 0.25) is 0 Å². The van der Waals surface area contributed by atoms with Crippen LogP contribution in [0.5, 0.6) is 0 Å². The van der Waals surface area contributed by atoms with E-state index < -0.39 is 0 Å². The van der Waals surface area contributed by atoms with Crippen molar-refractivity contribution in [1.82, 2.24) is 0 Å². The topological polar surface area (TPSA) is 17.1 Å². The third-order valence-corrected chi connectivity index (χ3v) is 3.58. The summed E-state index contributed by atoms with van der Waals surface area (Å²) >= 11 is 0. The van der Waals surface area contributed by atoms with E-state index in [1.54, 1.807) is 0 Å². The minimum absolute atomic E-state index is 0.283. The monoisotopic (exact) mass is 182 g/mol. The van der Waals surface area contributed by atoms with Crippen molar-refractivity contribution in [3.63, 3.8) is 0 Å². The van der Waals surface area contributed by atoms with Crippen LogP contribution >= 0.6 is 0 Å². The average molecular weight is 182 g/mol. The summed E-state index contributed by atoms with van der Waals surface area (Å²) in [5.74, 6) is 1.82. The van der Waals surface area contributed by atoms with Crippen molar-refractivity contribution in [3.8, 4) is 0 Å². The van der Waals surface area contributed by atoms with Gasteiger partial charge in [-0.05, 0) is 18.8 Å². The van der Waals surface area contributed by atoms with E-state index in [9.17, 15) is 4.79 Å². The molecule has 0 aromatic carbocycles. The van der Waals surface area contributed by atoms with E-state index in [1.165, 1.54) is 19.3 Å². The van der Waals surface area contributed by atoms with Gasteiger partial charge in [-0.15, -0.1) is 0 Å². The minimum Gasteiger partial charge on any atom is -0.299 e. The lowest BCUT2D eigenvalue weighted by atomic mass is 9.75. The highest BCUT2D eigenvalue weighted by atomic mass is 16.1. The van der Waals surface area contributed by atoms with E-state index in [0.717, 1.165) is 12.8 Å². The molecule has 1 rings (SSSR count). The van der Waals surface area contributed by atoms with Gasteiger partial charge in [-0.25, -0.2) is 0 Å². The first kappa shape index (κ1) is 10.7. The Balaban J connectivity index is 2.53. The van der Waals surface area contributed by atoms with Crippen LogP contribution < -0.4 is 0 Å². The average Bonchev–Trinajstić information content (AvgIpc) is 2.16. The van der Waals surface area contributed by atoms with E-state index in [1.807, 2.05) is 0 Å². The normalized spacial score (nSPS) is 31.3. The van der Waals surface area contributed by atoms with Crippen LogP contribution in [-0.4, -0.2) is 5.78 Å². The van der Waals surface area contributed by atoms with Crippen molar-refractivity contribution in [2.24, 2.45) is 17.8 Å². The predicted molar refractivity (Wildman–Crippen MR) is 55.6 cm³/mol. The molecule has 0 spiro atoms. The molecule has 1 nitrogen and oxygen atoms in total. The Kier molecular flexibility index (Phi) is 3.95. The highest BCUT2D eigenvalue weighted by Crippen LogP contribution is 2.32. The molecule has 13 heavy (non-hydrogen) atoms. The quantitative estimate of drug-likeness (QED) is 0.653. The molecule has 0 radical (unpaired) electrons. The SMILES string of the molecule is CCC(C)C(=O)C1CCCCC1C. The Hall–Kier alpha value is -0.330. The molecular weight excluding hydrogens is 160 g/mol. The number of Topliss-reactive ketones (excluding diaryl/α,β-unsaturated/α-hetero) is 1. The number of hydrogen-bond acceptors (Lipinski definition) is 1. The molecule has 1 aliphatic rings. The molecule has 0 saturated heterocycles. The Morgan fingerprint density at radius 2 is 2.00 bits per heavy atom. The maximum Gasteiger partial charge on any atom is 0.139 e. The standard InChI is InChI=1S/C12H22O/c1-4-9(2)12(13)11-8-6-5-7-10(11)3/h9-11H,4-8H2,1-3H3. The van der Waals surface area contributed by atoms with Crippen LogP contribution in [0, 0.1) is 17.8 Å². The maximum absolute atomic E-state index is 11.9. The van der Waals surface area contributed by atoms with Crippen molar-refractivity contribution in [2.45, 2.75) is 52.9 Å². The number of carbonyl (C=O) groups excluding carboxylic acids is 1. The van der Waals surface area contributed by atoms with Gasteiger partial charge < -0.3 is 0 Å². The number of rotatable bonds is 3. The van der Waals surface area contributed by atoms with Gasteiger partial charge in [0.25, 0.3) is 0 Å². The second-order valence-corrected chi connectivity index (χ2v) is 4.58. The Morgan fingerprint density at radius 1 is 1.38 bits per heavy atom. The fourth-order valence-electron chi connectivity index (χ4n) is 2.31. The van der Waals surface area contributed by atoms with E-state index in [4.69, 9.17) is 0 Å². The number of ketones is 1. The highest BCUT2D eigenvalue weighted by molar-refractivity contribution is 5.83. The predicted octanol–water partition coefficient (Wildman–Crippen LogP) is 3.43. The summed E-state index contributed by atoms with van der Waals surface area (Å²) < 4.78 is 0. The Morgan fingerprint density at radius 3 is 2.54 bits per heavy atom. The largest absolute Gasteiger partial charge is 0.299 e.